The standard InChI is InChI=1S/C24H23N3O3S/c1-3-30-23(29)22-16(2)26-24(31-22)27(15-17-9-5-4-6-10-17)21(28)13-18-14-25-20-12-8-7-11-19(18)20/h4-12,14,25H,3,13,15H2,1-2H3. The number of hydrogen-bond donors (Lipinski definition) is 1. The molecule has 0 aliphatic heterocycles. The van der Waals surface area contributed by atoms with Gasteiger partial charge >= 0.3 is 5.97 Å². The molecule has 0 aliphatic carbocycles. The van der Waals surface area contributed by atoms with Crippen molar-refractivity contribution >= 4 is 39.2 Å². The van der Waals surface area contributed by atoms with Crippen molar-refractivity contribution in [3.63, 3.8) is 0 Å². The van der Waals surface area contributed by atoms with E-state index in [1.54, 1.807) is 18.7 Å². The first kappa shape index (κ1) is 20.8. The Balaban J connectivity index is 1.66. The molecule has 0 unspecified atom stereocenters. The van der Waals surface area contributed by atoms with Crippen molar-refractivity contribution < 1.29 is 14.3 Å². The number of benzene rings is 2. The number of hydrogen-bond acceptors (Lipinski definition) is 5. The van der Waals surface area contributed by atoms with Gasteiger partial charge in [-0.05, 0) is 31.0 Å². The third-order valence-electron chi connectivity index (χ3n) is 4.98. The van der Waals surface area contributed by atoms with Crippen LogP contribution in [0.2, 0.25) is 0 Å². The molecule has 0 bridgehead atoms. The molecular formula is C24H23N3O3S. The van der Waals surface area contributed by atoms with Crippen LogP contribution in [0.25, 0.3) is 10.9 Å². The minimum Gasteiger partial charge on any atom is -0.462 e. The zero-order valence-electron chi connectivity index (χ0n) is 17.4. The number of fused-ring (bicyclic) bond motifs is 1. The van der Waals surface area contributed by atoms with Crippen LogP contribution >= 0.6 is 11.3 Å². The van der Waals surface area contributed by atoms with Crippen LogP contribution in [0.4, 0.5) is 5.13 Å². The van der Waals surface area contributed by atoms with E-state index in [-0.39, 0.29) is 12.3 Å². The average molecular weight is 434 g/mol. The second-order valence-corrected chi connectivity index (χ2v) is 8.11. The maximum atomic E-state index is 13.4. The summed E-state index contributed by atoms with van der Waals surface area (Å²) < 4.78 is 5.14. The second kappa shape index (κ2) is 9.14. The number of amides is 1. The van der Waals surface area contributed by atoms with Crippen LogP contribution in [0.3, 0.4) is 0 Å². The van der Waals surface area contributed by atoms with E-state index >= 15 is 0 Å². The topological polar surface area (TPSA) is 75.3 Å². The summed E-state index contributed by atoms with van der Waals surface area (Å²) in [6.07, 6.45) is 2.10. The Morgan fingerprint density at radius 3 is 2.61 bits per heavy atom. The van der Waals surface area contributed by atoms with Crippen LogP contribution in [0.5, 0.6) is 0 Å². The van der Waals surface area contributed by atoms with E-state index in [1.807, 2.05) is 60.8 Å². The number of aryl methyl sites for hydroxylation is 1. The maximum absolute atomic E-state index is 13.4. The van der Waals surface area contributed by atoms with Crippen LogP contribution in [0.15, 0.2) is 60.8 Å². The number of para-hydroxylation sites is 1. The van der Waals surface area contributed by atoms with Crippen LogP contribution in [-0.4, -0.2) is 28.5 Å². The van der Waals surface area contributed by atoms with E-state index in [0.29, 0.717) is 28.9 Å². The molecule has 0 spiro atoms. The summed E-state index contributed by atoms with van der Waals surface area (Å²) in [6, 6.07) is 17.7. The Morgan fingerprint density at radius 2 is 1.84 bits per heavy atom. The fraction of sp³-hybridized carbons (Fsp3) is 0.208. The molecule has 0 fully saturated rings. The van der Waals surface area contributed by atoms with E-state index in [0.717, 1.165) is 22.0 Å². The number of H-pyrrole nitrogens is 1. The Bertz CT molecular complexity index is 1210. The van der Waals surface area contributed by atoms with E-state index in [1.165, 1.54) is 11.3 Å². The summed E-state index contributed by atoms with van der Waals surface area (Å²) in [5, 5.41) is 1.52. The lowest BCUT2D eigenvalue weighted by Gasteiger charge is -2.20. The molecule has 4 aromatic rings. The fourth-order valence-corrected chi connectivity index (χ4v) is 4.43. The van der Waals surface area contributed by atoms with Gasteiger partial charge in [0.2, 0.25) is 5.91 Å². The third-order valence-corrected chi connectivity index (χ3v) is 6.14. The zero-order valence-corrected chi connectivity index (χ0v) is 18.2. The molecular weight excluding hydrogens is 410 g/mol. The number of thiazole rings is 1. The van der Waals surface area contributed by atoms with E-state index in [2.05, 4.69) is 9.97 Å². The van der Waals surface area contributed by atoms with Crippen LogP contribution in [0.1, 0.15) is 33.4 Å². The van der Waals surface area contributed by atoms with Crippen LogP contribution in [-0.2, 0) is 22.5 Å². The number of aromatic amines is 1. The minimum atomic E-state index is -0.410. The molecule has 0 saturated heterocycles. The molecule has 2 heterocycles. The number of carbonyl (C=O) groups is 2. The van der Waals surface area contributed by atoms with E-state index in [9.17, 15) is 9.59 Å². The monoisotopic (exact) mass is 433 g/mol. The van der Waals surface area contributed by atoms with Gasteiger partial charge in [-0.25, -0.2) is 9.78 Å². The number of rotatable bonds is 7. The normalized spacial score (nSPS) is 10.9. The van der Waals surface area contributed by atoms with Gasteiger partial charge in [-0.15, -0.1) is 0 Å². The first-order chi connectivity index (χ1) is 15.1. The first-order valence-electron chi connectivity index (χ1n) is 10.1. The largest absolute Gasteiger partial charge is 0.462 e. The van der Waals surface area contributed by atoms with Gasteiger partial charge in [0.05, 0.1) is 25.3 Å². The lowest BCUT2D eigenvalue weighted by Crippen LogP contribution is -2.31. The molecule has 6 nitrogen and oxygen atoms in total. The molecule has 0 atom stereocenters. The number of esters is 1. The van der Waals surface area contributed by atoms with Gasteiger partial charge in [0.15, 0.2) is 5.13 Å². The molecule has 1 N–H and O–H groups in total. The molecule has 2 aromatic carbocycles. The van der Waals surface area contributed by atoms with Crippen molar-refractivity contribution in [1.29, 1.82) is 0 Å². The van der Waals surface area contributed by atoms with Crippen molar-refractivity contribution in [1.82, 2.24) is 9.97 Å². The number of anilines is 1. The molecule has 1 amide bonds. The highest BCUT2D eigenvalue weighted by Gasteiger charge is 2.25. The molecule has 0 radical (unpaired) electrons. The Hall–Kier alpha value is -3.45. The van der Waals surface area contributed by atoms with Crippen LogP contribution in [0, 0.1) is 6.92 Å². The molecule has 2 aromatic heterocycles. The number of aromatic nitrogens is 2. The van der Waals surface area contributed by atoms with E-state index in [4.69, 9.17) is 4.74 Å². The number of ether oxygens (including phenoxy) is 1. The minimum absolute atomic E-state index is 0.0854. The smallest absolute Gasteiger partial charge is 0.350 e. The van der Waals surface area contributed by atoms with Gasteiger partial charge in [0, 0.05) is 17.1 Å². The summed E-state index contributed by atoms with van der Waals surface area (Å²) >= 11 is 1.19. The molecule has 31 heavy (non-hydrogen) atoms. The van der Waals surface area contributed by atoms with E-state index < -0.39 is 5.97 Å². The predicted octanol–water partition coefficient (Wildman–Crippen LogP) is 4.89. The highest BCUT2D eigenvalue weighted by atomic mass is 32.1. The molecule has 0 aliphatic rings. The lowest BCUT2D eigenvalue weighted by molar-refractivity contribution is -0.118. The van der Waals surface area contributed by atoms with Crippen molar-refractivity contribution in [2.75, 3.05) is 11.5 Å². The maximum Gasteiger partial charge on any atom is 0.350 e. The van der Waals surface area contributed by atoms with Crippen LogP contribution < -0.4 is 4.90 Å². The lowest BCUT2D eigenvalue weighted by atomic mass is 10.1. The Morgan fingerprint density at radius 1 is 1.10 bits per heavy atom. The summed E-state index contributed by atoms with van der Waals surface area (Å²) in [5.74, 6) is -0.495. The number of nitrogens with zero attached hydrogens (tertiary/aromatic N) is 2. The Labute approximate surface area is 184 Å². The van der Waals surface area contributed by atoms with Crippen molar-refractivity contribution in [2.45, 2.75) is 26.8 Å². The molecule has 158 valence electrons. The highest BCUT2D eigenvalue weighted by Crippen LogP contribution is 2.29. The van der Waals surface area contributed by atoms with Gasteiger partial charge < -0.3 is 9.72 Å². The van der Waals surface area contributed by atoms with Gasteiger partial charge in [-0.1, -0.05) is 59.9 Å². The summed E-state index contributed by atoms with van der Waals surface area (Å²) in [6.45, 7) is 4.19. The van der Waals surface area contributed by atoms with Gasteiger partial charge in [-0.3, -0.25) is 9.69 Å². The first-order valence-corrected chi connectivity index (χ1v) is 10.9. The summed E-state index contributed by atoms with van der Waals surface area (Å²) in [5.41, 5.74) is 3.48. The van der Waals surface area contributed by atoms with Gasteiger partial charge in [-0.2, -0.15) is 0 Å². The molecule has 0 saturated carbocycles. The zero-order chi connectivity index (χ0) is 21.8. The number of nitrogens with one attached hydrogen (secondary N) is 1. The quantitative estimate of drug-likeness (QED) is 0.421. The summed E-state index contributed by atoms with van der Waals surface area (Å²) in [4.78, 5) is 35.5. The predicted molar refractivity (Wildman–Crippen MR) is 122 cm³/mol. The van der Waals surface area contributed by atoms with Crippen molar-refractivity contribution in [3.8, 4) is 0 Å². The van der Waals surface area contributed by atoms with Crippen molar-refractivity contribution in [3.05, 3.63) is 82.5 Å². The second-order valence-electron chi connectivity index (χ2n) is 7.13. The Kier molecular flexibility index (Phi) is 6.13. The number of carbonyl (C=O) groups excluding carboxylic acids is 2. The fourth-order valence-electron chi connectivity index (χ4n) is 3.45. The highest BCUT2D eigenvalue weighted by molar-refractivity contribution is 7.17. The van der Waals surface area contributed by atoms with Gasteiger partial charge in [0.1, 0.15) is 4.88 Å². The summed E-state index contributed by atoms with van der Waals surface area (Å²) in [7, 11) is 0. The average Bonchev–Trinajstić information content (AvgIpc) is 3.36. The molecule has 7 heteroatoms. The third kappa shape index (κ3) is 4.51. The van der Waals surface area contributed by atoms with Crippen molar-refractivity contribution in [2.24, 2.45) is 0 Å². The SMILES string of the molecule is CCOC(=O)c1sc(N(Cc2ccccc2)C(=O)Cc2c[nH]c3ccccc23)nc1C. The molecule has 4 rings (SSSR count). The van der Waals surface area contributed by atoms with Gasteiger partial charge in [0.25, 0.3) is 0 Å².